The Morgan fingerprint density at radius 3 is 2.50 bits per heavy atom. The summed E-state index contributed by atoms with van der Waals surface area (Å²) in [7, 11) is 0. The van der Waals surface area contributed by atoms with Crippen LogP contribution in [0.1, 0.15) is 33.6 Å². The standard InChI is InChI=1S/C9H19N/c1-7(2)9-4-5-10-8(3)6-9/h7-10H,4-6H2,1-3H3/t8-,9-/m0/s1. The summed E-state index contributed by atoms with van der Waals surface area (Å²) in [6.45, 7) is 8.18. The summed E-state index contributed by atoms with van der Waals surface area (Å²) in [5, 5.41) is 3.47. The SMILES string of the molecule is CC(C)[C@H]1CCN[C@@H](C)C1. The van der Waals surface area contributed by atoms with Crippen LogP contribution in [-0.2, 0) is 0 Å². The van der Waals surface area contributed by atoms with Gasteiger partial charge in [0.05, 0.1) is 0 Å². The van der Waals surface area contributed by atoms with Gasteiger partial charge in [-0.05, 0) is 38.1 Å². The first-order valence-electron chi connectivity index (χ1n) is 4.43. The molecule has 1 rings (SSSR count). The Morgan fingerprint density at radius 2 is 2.10 bits per heavy atom. The monoisotopic (exact) mass is 141 g/mol. The number of nitrogens with one attached hydrogen (secondary N) is 1. The Labute approximate surface area is 64.2 Å². The molecule has 1 saturated heterocycles. The molecule has 0 amide bonds. The van der Waals surface area contributed by atoms with Gasteiger partial charge in [0.15, 0.2) is 0 Å². The molecule has 0 unspecified atom stereocenters. The average molecular weight is 141 g/mol. The van der Waals surface area contributed by atoms with Crippen LogP contribution in [-0.4, -0.2) is 12.6 Å². The Morgan fingerprint density at radius 1 is 1.40 bits per heavy atom. The quantitative estimate of drug-likeness (QED) is 0.589. The molecule has 1 N–H and O–H groups in total. The van der Waals surface area contributed by atoms with Gasteiger partial charge in [0.25, 0.3) is 0 Å². The van der Waals surface area contributed by atoms with E-state index in [0.29, 0.717) is 0 Å². The predicted octanol–water partition coefficient (Wildman–Crippen LogP) is 2.03. The molecular formula is C9H19N. The van der Waals surface area contributed by atoms with Crippen LogP contribution >= 0.6 is 0 Å². The summed E-state index contributed by atoms with van der Waals surface area (Å²) >= 11 is 0. The lowest BCUT2D eigenvalue weighted by Crippen LogP contribution is -2.37. The van der Waals surface area contributed by atoms with Gasteiger partial charge in [-0.1, -0.05) is 13.8 Å². The van der Waals surface area contributed by atoms with Crippen molar-refractivity contribution in [1.82, 2.24) is 5.32 Å². The highest BCUT2D eigenvalue weighted by Gasteiger charge is 2.20. The van der Waals surface area contributed by atoms with Gasteiger partial charge in [-0.25, -0.2) is 0 Å². The molecule has 1 aliphatic rings. The van der Waals surface area contributed by atoms with Crippen molar-refractivity contribution in [3.63, 3.8) is 0 Å². The maximum Gasteiger partial charge on any atom is 0.00414 e. The third kappa shape index (κ3) is 1.98. The Bertz CT molecular complexity index is 98.9. The third-order valence-corrected chi connectivity index (χ3v) is 2.61. The molecule has 60 valence electrons. The molecule has 0 aromatic heterocycles. The summed E-state index contributed by atoms with van der Waals surface area (Å²) in [6, 6.07) is 0.751. The normalized spacial score (nSPS) is 34.8. The van der Waals surface area contributed by atoms with E-state index in [-0.39, 0.29) is 0 Å². The van der Waals surface area contributed by atoms with Crippen LogP contribution in [0.3, 0.4) is 0 Å². The van der Waals surface area contributed by atoms with Crippen molar-refractivity contribution in [3.8, 4) is 0 Å². The van der Waals surface area contributed by atoms with Crippen molar-refractivity contribution in [1.29, 1.82) is 0 Å². The number of hydrogen-bond donors (Lipinski definition) is 1. The zero-order valence-electron chi connectivity index (χ0n) is 7.35. The Balaban J connectivity index is 2.32. The van der Waals surface area contributed by atoms with Crippen molar-refractivity contribution in [2.24, 2.45) is 11.8 Å². The fourth-order valence-corrected chi connectivity index (χ4v) is 1.78. The predicted molar refractivity (Wildman–Crippen MR) is 45.0 cm³/mol. The van der Waals surface area contributed by atoms with Gasteiger partial charge in [-0.15, -0.1) is 0 Å². The van der Waals surface area contributed by atoms with Gasteiger partial charge in [0.1, 0.15) is 0 Å². The van der Waals surface area contributed by atoms with Gasteiger partial charge >= 0.3 is 0 Å². The largest absolute Gasteiger partial charge is 0.314 e. The summed E-state index contributed by atoms with van der Waals surface area (Å²) in [4.78, 5) is 0. The van der Waals surface area contributed by atoms with Crippen LogP contribution in [0.4, 0.5) is 0 Å². The maximum absolute atomic E-state index is 3.47. The highest BCUT2D eigenvalue weighted by atomic mass is 14.9. The van der Waals surface area contributed by atoms with Crippen LogP contribution in [0.15, 0.2) is 0 Å². The zero-order chi connectivity index (χ0) is 7.56. The number of rotatable bonds is 1. The summed E-state index contributed by atoms with van der Waals surface area (Å²) in [5.74, 6) is 1.85. The van der Waals surface area contributed by atoms with Gasteiger partial charge in [0, 0.05) is 6.04 Å². The maximum atomic E-state index is 3.47. The van der Waals surface area contributed by atoms with E-state index in [2.05, 4.69) is 26.1 Å². The fraction of sp³-hybridized carbons (Fsp3) is 1.00. The average Bonchev–Trinajstić information content (AvgIpc) is 1.88. The van der Waals surface area contributed by atoms with E-state index < -0.39 is 0 Å². The second-order valence-corrected chi connectivity index (χ2v) is 3.88. The topological polar surface area (TPSA) is 12.0 Å². The Kier molecular flexibility index (Phi) is 2.72. The molecule has 1 aliphatic heterocycles. The molecule has 10 heavy (non-hydrogen) atoms. The van der Waals surface area contributed by atoms with Crippen molar-refractivity contribution in [3.05, 3.63) is 0 Å². The molecule has 1 nitrogen and oxygen atoms in total. The second kappa shape index (κ2) is 3.38. The molecule has 1 heterocycles. The molecule has 0 saturated carbocycles. The van der Waals surface area contributed by atoms with Gasteiger partial charge in [-0.2, -0.15) is 0 Å². The van der Waals surface area contributed by atoms with E-state index in [0.717, 1.165) is 17.9 Å². The first-order valence-corrected chi connectivity index (χ1v) is 4.43. The van der Waals surface area contributed by atoms with E-state index >= 15 is 0 Å². The van der Waals surface area contributed by atoms with Crippen LogP contribution in [0.25, 0.3) is 0 Å². The smallest absolute Gasteiger partial charge is 0.00414 e. The molecule has 0 aromatic rings. The van der Waals surface area contributed by atoms with Gasteiger partial charge < -0.3 is 5.32 Å². The van der Waals surface area contributed by atoms with Gasteiger partial charge in [0.2, 0.25) is 0 Å². The van der Waals surface area contributed by atoms with Crippen LogP contribution < -0.4 is 5.32 Å². The lowest BCUT2D eigenvalue weighted by Gasteiger charge is -2.30. The van der Waals surface area contributed by atoms with E-state index in [1.165, 1.54) is 19.4 Å². The number of hydrogen-bond acceptors (Lipinski definition) is 1. The van der Waals surface area contributed by atoms with Crippen LogP contribution in [0.5, 0.6) is 0 Å². The fourth-order valence-electron chi connectivity index (χ4n) is 1.78. The summed E-state index contributed by atoms with van der Waals surface area (Å²) in [6.07, 6.45) is 2.75. The summed E-state index contributed by atoms with van der Waals surface area (Å²) in [5.41, 5.74) is 0. The molecule has 0 radical (unpaired) electrons. The molecule has 0 bridgehead atoms. The highest BCUT2D eigenvalue weighted by Crippen LogP contribution is 2.23. The Hall–Kier alpha value is -0.0400. The minimum absolute atomic E-state index is 0.751. The minimum atomic E-state index is 0.751. The molecule has 2 atom stereocenters. The molecule has 1 heteroatoms. The van der Waals surface area contributed by atoms with E-state index in [4.69, 9.17) is 0 Å². The van der Waals surface area contributed by atoms with Crippen molar-refractivity contribution < 1.29 is 0 Å². The molecule has 0 aliphatic carbocycles. The lowest BCUT2D eigenvalue weighted by atomic mass is 9.84. The zero-order valence-corrected chi connectivity index (χ0v) is 7.35. The third-order valence-electron chi connectivity index (χ3n) is 2.61. The van der Waals surface area contributed by atoms with E-state index in [9.17, 15) is 0 Å². The molecule has 0 spiro atoms. The van der Waals surface area contributed by atoms with Crippen LogP contribution in [0.2, 0.25) is 0 Å². The van der Waals surface area contributed by atoms with Crippen molar-refractivity contribution in [2.45, 2.75) is 39.7 Å². The van der Waals surface area contributed by atoms with Crippen molar-refractivity contribution in [2.75, 3.05) is 6.54 Å². The van der Waals surface area contributed by atoms with Crippen LogP contribution in [0, 0.1) is 11.8 Å². The first kappa shape index (κ1) is 8.06. The highest BCUT2D eigenvalue weighted by molar-refractivity contribution is 4.76. The van der Waals surface area contributed by atoms with Gasteiger partial charge in [-0.3, -0.25) is 0 Å². The molecule has 1 fully saturated rings. The van der Waals surface area contributed by atoms with Crippen molar-refractivity contribution >= 4 is 0 Å². The number of piperidine rings is 1. The first-order chi connectivity index (χ1) is 4.70. The lowest BCUT2D eigenvalue weighted by molar-refractivity contribution is 0.252. The molecule has 0 aromatic carbocycles. The van der Waals surface area contributed by atoms with E-state index in [1.807, 2.05) is 0 Å². The summed E-state index contributed by atoms with van der Waals surface area (Å²) < 4.78 is 0. The second-order valence-electron chi connectivity index (χ2n) is 3.88. The molecular weight excluding hydrogens is 122 g/mol. The van der Waals surface area contributed by atoms with E-state index in [1.54, 1.807) is 0 Å². The minimum Gasteiger partial charge on any atom is -0.314 e.